The fourth-order valence-corrected chi connectivity index (χ4v) is 7.27. The number of ether oxygens (including phenoxy) is 2. The normalized spacial score (nSPS) is 27.3. The maximum absolute atomic E-state index is 14.5. The summed E-state index contributed by atoms with van der Waals surface area (Å²) in [4.78, 5) is 21.3. The molecule has 12 heteroatoms. The van der Waals surface area contributed by atoms with Crippen LogP contribution >= 0.6 is 11.3 Å². The number of nitrogens with zero attached hydrogens (tertiary/aromatic N) is 6. The molecule has 0 radical (unpaired) electrons. The molecule has 3 saturated heterocycles. The topological polar surface area (TPSA) is 105 Å². The number of aromatic nitrogens is 3. The molecule has 2 bridgehead atoms. The summed E-state index contributed by atoms with van der Waals surface area (Å²) >= 11 is 1.18. The largest absolute Gasteiger partial charge is 0.456 e. The zero-order chi connectivity index (χ0) is 26.0. The molecule has 4 aliphatic rings. The van der Waals surface area contributed by atoms with E-state index in [9.17, 15) is 4.39 Å². The molecule has 4 atom stereocenters. The maximum atomic E-state index is 14.5. The predicted octanol–water partition coefficient (Wildman–Crippen LogP) is 2.02. The fourth-order valence-electron chi connectivity index (χ4n) is 6.51. The molecular formula is C26H33FN8O2S. The van der Waals surface area contributed by atoms with Crippen molar-refractivity contribution in [3.8, 4) is 6.01 Å². The van der Waals surface area contributed by atoms with Gasteiger partial charge in [0.15, 0.2) is 5.13 Å². The van der Waals surface area contributed by atoms with Gasteiger partial charge in [-0.25, -0.2) is 9.37 Å². The standard InChI is InChI=1S/C26H33FN8O2S/c1-33-12-20(36-2)21(13-33)37-26-30-18-11-34(19-6-5-17(27)23-22(19)31-25(28)38-23)8-7-16(18)24(32-26)35-9-14-3-4-15(10-35)29-14/h5-6,14-15,20-21,29H,3-4,7-13H2,1-2H3,(H2,28,31)/t14?,15?,20-,21-/m1/s1. The number of fused-ring (bicyclic) bond motifs is 4. The first-order valence-electron chi connectivity index (χ1n) is 13.3. The molecule has 0 saturated carbocycles. The Labute approximate surface area is 224 Å². The first kappa shape index (κ1) is 24.3. The predicted molar refractivity (Wildman–Crippen MR) is 146 cm³/mol. The van der Waals surface area contributed by atoms with Crippen LogP contribution in [-0.4, -0.2) is 91.0 Å². The van der Waals surface area contributed by atoms with Gasteiger partial charge < -0.3 is 30.3 Å². The first-order chi connectivity index (χ1) is 18.4. The Morgan fingerprint density at radius 1 is 1.05 bits per heavy atom. The number of hydrogen-bond donors (Lipinski definition) is 2. The summed E-state index contributed by atoms with van der Waals surface area (Å²) in [6.45, 7) is 4.78. The molecule has 0 amide bonds. The number of methoxy groups -OCH3 is 1. The second kappa shape index (κ2) is 9.44. The van der Waals surface area contributed by atoms with Gasteiger partial charge in [0.1, 0.15) is 29.4 Å². The Balaban J connectivity index is 1.25. The quantitative estimate of drug-likeness (QED) is 0.499. The second-order valence-electron chi connectivity index (χ2n) is 10.9. The Morgan fingerprint density at radius 3 is 2.63 bits per heavy atom. The molecule has 3 aromatic rings. The van der Waals surface area contributed by atoms with Crippen LogP contribution in [0.15, 0.2) is 12.1 Å². The Hall–Kier alpha value is -2.80. The highest BCUT2D eigenvalue weighted by molar-refractivity contribution is 7.22. The lowest BCUT2D eigenvalue weighted by Crippen LogP contribution is -2.52. The summed E-state index contributed by atoms with van der Waals surface area (Å²) in [6, 6.07) is 4.69. The first-order valence-corrected chi connectivity index (χ1v) is 14.1. The summed E-state index contributed by atoms with van der Waals surface area (Å²) in [5, 5.41) is 4.09. The van der Waals surface area contributed by atoms with E-state index in [4.69, 9.17) is 25.2 Å². The molecule has 0 spiro atoms. The van der Waals surface area contributed by atoms with Gasteiger partial charge >= 0.3 is 6.01 Å². The Bertz CT molecular complexity index is 1360. The van der Waals surface area contributed by atoms with E-state index in [0.29, 0.717) is 40.0 Å². The number of likely N-dealkylation sites (N-methyl/N-ethyl adjacent to an activating group) is 1. The molecular weight excluding hydrogens is 507 g/mol. The molecule has 2 unspecified atom stereocenters. The molecule has 1 aromatic carbocycles. The second-order valence-corrected chi connectivity index (χ2v) is 11.9. The van der Waals surface area contributed by atoms with Crippen LogP contribution in [0.5, 0.6) is 6.01 Å². The van der Waals surface area contributed by atoms with Gasteiger partial charge in [-0.2, -0.15) is 9.97 Å². The van der Waals surface area contributed by atoms with Crippen LogP contribution in [0, 0.1) is 5.82 Å². The molecule has 0 aliphatic carbocycles. The fraction of sp³-hybridized carbons (Fsp3) is 0.577. The van der Waals surface area contributed by atoms with E-state index in [-0.39, 0.29) is 18.0 Å². The van der Waals surface area contributed by atoms with Crippen LogP contribution in [-0.2, 0) is 17.7 Å². The third-order valence-electron chi connectivity index (χ3n) is 8.33. The van der Waals surface area contributed by atoms with Crippen molar-refractivity contribution in [1.29, 1.82) is 0 Å². The van der Waals surface area contributed by atoms with Crippen molar-refractivity contribution in [3.63, 3.8) is 0 Å². The van der Waals surface area contributed by atoms with Gasteiger partial charge in [-0.1, -0.05) is 11.3 Å². The number of piperazine rings is 1. The van der Waals surface area contributed by atoms with Crippen molar-refractivity contribution in [2.75, 3.05) is 62.4 Å². The van der Waals surface area contributed by atoms with Crippen LogP contribution in [0.2, 0.25) is 0 Å². The van der Waals surface area contributed by atoms with Crippen molar-refractivity contribution < 1.29 is 13.9 Å². The molecule has 4 aliphatic heterocycles. The van der Waals surface area contributed by atoms with E-state index >= 15 is 0 Å². The van der Waals surface area contributed by atoms with Crippen molar-refractivity contribution in [2.24, 2.45) is 0 Å². The number of rotatable bonds is 5. The van der Waals surface area contributed by atoms with Crippen LogP contribution in [0.1, 0.15) is 24.1 Å². The lowest BCUT2D eigenvalue weighted by molar-refractivity contribution is 0.0297. The lowest BCUT2D eigenvalue weighted by atomic mass is 10.0. The molecule has 6 heterocycles. The van der Waals surface area contributed by atoms with Crippen LogP contribution < -0.4 is 25.6 Å². The van der Waals surface area contributed by atoms with E-state index in [1.165, 1.54) is 35.8 Å². The number of nitrogen functional groups attached to an aromatic ring is 1. The zero-order valence-electron chi connectivity index (χ0n) is 21.7. The highest BCUT2D eigenvalue weighted by atomic mass is 32.1. The maximum Gasteiger partial charge on any atom is 0.319 e. The Morgan fingerprint density at radius 2 is 1.84 bits per heavy atom. The molecule has 10 nitrogen and oxygen atoms in total. The Kier molecular flexibility index (Phi) is 6.02. The number of benzene rings is 1. The summed E-state index contributed by atoms with van der Waals surface area (Å²) in [5.74, 6) is 0.698. The molecule has 3 fully saturated rings. The minimum Gasteiger partial charge on any atom is -0.456 e. The smallest absolute Gasteiger partial charge is 0.319 e. The minimum absolute atomic E-state index is 0.0303. The van der Waals surface area contributed by atoms with Crippen LogP contribution in [0.3, 0.4) is 0 Å². The number of halogens is 1. The highest BCUT2D eigenvalue weighted by Crippen LogP contribution is 2.38. The molecule has 3 N–H and O–H groups in total. The summed E-state index contributed by atoms with van der Waals surface area (Å²) in [6.07, 6.45) is 3.02. The lowest BCUT2D eigenvalue weighted by Gasteiger charge is -2.37. The third kappa shape index (κ3) is 4.23. The average Bonchev–Trinajstić information content (AvgIpc) is 3.58. The highest BCUT2D eigenvalue weighted by Gasteiger charge is 2.37. The monoisotopic (exact) mass is 540 g/mol. The number of thiazole rings is 1. The third-order valence-corrected chi connectivity index (χ3v) is 9.22. The van der Waals surface area contributed by atoms with E-state index in [2.05, 4.69) is 32.0 Å². The van der Waals surface area contributed by atoms with Gasteiger partial charge in [0.25, 0.3) is 0 Å². The van der Waals surface area contributed by atoms with Gasteiger partial charge in [0, 0.05) is 57.5 Å². The number of likely N-dealkylation sites (tertiary alicyclic amines) is 1. The van der Waals surface area contributed by atoms with Gasteiger partial charge in [0.05, 0.1) is 22.6 Å². The zero-order valence-corrected chi connectivity index (χ0v) is 22.5. The molecule has 202 valence electrons. The number of nitrogens with one attached hydrogen (secondary N) is 1. The van der Waals surface area contributed by atoms with Crippen LogP contribution in [0.4, 0.5) is 21.0 Å². The summed E-state index contributed by atoms with van der Waals surface area (Å²) in [5.41, 5.74) is 9.56. The van der Waals surface area contributed by atoms with Gasteiger partial charge in [-0.05, 0) is 38.4 Å². The number of nitrogens with two attached hydrogens (primary N) is 1. The number of anilines is 3. The minimum atomic E-state index is -0.293. The summed E-state index contributed by atoms with van der Waals surface area (Å²) < 4.78 is 27.1. The van der Waals surface area contributed by atoms with Crippen LogP contribution in [0.25, 0.3) is 10.2 Å². The SMILES string of the molecule is CO[C@@H]1CN(C)C[C@H]1Oc1nc2c(c(N3CC4CCC(C3)N4)n1)CCN(c1ccc(F)c3sc(N)nc13)C2. The van der Waals surface area contributed by atoms with E-state index < -0.39 is 0 Å². The van der Waals surface area contributed by atoms with Crippen molar-refractivity contribution in [2.45, 2.75) is 50.1 Å². The average molecular weight is 541 g/mol. The van der Waals surface area contributed by atoms with E-state index in [0.717, 1.165) is 56.3 Å². The van der Waals surface area contributed by atoms with Gasteiger partial charge in [-0.3, -0.25) is 4.90 Å². The molecule has 38 heavy (non-hydrogen) atoms. The van der Waals surface area contributed by atoms with Crippen molar-refractivity contribution >= 4 is 38.2 Å². The van der Waals surface area contributed by atoms with Crippen molar-refractivity contribution in [3.05, 3.63) is 29.2 Å². The van der Waals surface area contributed by atoms with Crippen molar-refractivity contribution in [1.82, 2.24) is 25.2 Å². The van der Waals surface area contributed by atoms with Gasteiger partial charge in [-0.15, -0.1) is 0 Å². The van der Waals surface area contributed by atoms with E-state index in [1.807, 2.05) is 0 Å². The summed E-state index contributed by atoms with van der Waals surface area (Å²) in [7, 11) is 3.79. The number of hydrogen-bond acceptors (Lipinski definition) is 11. The van der Waals surface area contributed by atoms with Gasteiger partial charge in [0.2, 0.25) is 0 Å². The molecule has 2 aromatic heterocycles. The molecule has 7 rings (SSSR count). The van der Waals surface area contributed by atoms with E-state index in [1.54, 1.807) is 13.2 Å².